The highest BCUT2D eigenvalue weighted by Crippen LogP contribution is 2.38. The number of anilines is 1. The van der Waals surface area contributed by atoms with Crippen molar-refractivity contribution in [3.8, 4) is 11.5 Å². The zero-order valence-electron chi connectivity index (χ0n) is 14.6. The molecular weight excluding hydrogens is 326 g/mol. The number of aliphatic hydroxyl groups is 1. The topological polar surface area (TPSA) is 116 Å². The van der Waals surface area contributed by atoms with E-state index in [0.717, 1.165) is 0 Å². The zero-order valence-corrected chi connectivity index (χ0v) is 14.6. The lowest BCUT2D eigenvalue weighted by atomic mass is 9.94. The van der Waals surface area contributed by atoms with Gasteiger partial charge in [-0.3, -0.25) is 4.79 Å². The number of ether oxygens (including phenoxy) is 1. The number of methoxy groups -OCH3 is 1. The van der Waals surface area contributed by atoms with Crippen LogP contribution in [0.5, 0.6) is 11.5 Å². The van der Waals surface area contributed by atoms with Crippen LogP contribution in [0.4, 0.5) is 5.69 Å². The van der Waals surface area contributed by atoms with E-state index in [-0.39, 0.29) is 22.7 Å². The van der Waals surface area contributed by atoms with Crippen LogP contribution in [0.25, 0.3) is 0 Å². The van der Waals surface area contributed by atoms with Gasteiger partial charge in [0.2, 0.25) is 5.91 Å². The van der Waals surface area contributed by atoms with Crippen molar-refractivity contribution in [1.82, 2.24) is 0 Å². The second-order valence-electron chi connectivity index (χ2n) is 5.68. The average molecular weight is 349 g/mol. The molecule has 0 aromatic heterocycles. The molecule has 1 rings (SSSR count). The molecule has 136 valence electrons. The maximum Gasteiger partial charge on any atom is 0.330 e. The van der Waals surface area contributed by atoms with Crippen molar-refractivity contribution in [2.24, 2.45) is 5.92 Å². The van der Waals surface area contributed by atoms with Crippen LogP contribution < -0.4 is 5.32 Å². The van der Waals surface area contributed by atoms with Gasteiger partial charge in [-0.25, -0.2) is 4.79 Å². The normalized spacial score (nSPS) is 14.2. The Morgan fingerprint density at radius 2 is 1.84 bits per heavy atom. The lowest BCUT2D eigenvalue weighted by Crippen LogP contribution is -2.10. The molecule has 1 aromatic carbocycles. The Labute approximate surface area is 146 Å². The molecule has 2 unspecified atom stereocenters. The van der Waals surface area contributed by atoms with Gasteiger partial charge in [0.05, 0.1) is 18.9 Å². The standard InChI is InChI=1S/C18H23NO6/c1-10(5-6-16(22)25-4)7-11(2)17(23)14-8-13(21)9-15(18(14)24)19-12(3)20/h5-9,11,17,21,23-24H,1-4H3,(H,19,20). The van der Waals surface area contributed by atoms with Gasteiger partial charge >= 0.3 is 5.97 Å². The van der Waals surface area contributed by atoms with Crippen molar-refractivity contribution < 1.29 is 29.6 Å². The third-order valence-electron chi connectivity index (χ3n) is 3.46. The minimum absolute atomic E-state index is 0.0139. The van der Waals surface area contributed by atoms with Gasteiger partial charge in [0.25, 0.3) is 0 Å². The average Bonchev–Trinajstić information content (AvgIpc) is 2.54. The van der Waals surface area contributed by atoms with Crippen molar-refractivity contribution >= 4 is 17.6 Å². The zero-order chi connectivity index (χ0) is 19.1. The van der Waals surface area contributed by atoms with E-state index in [2.05, 4.69) is 10.1 Å². The number of allylic oxidation sites excluding steroid dienone is 2. The summed E-state index contributed by atoms with van der Waals surface area (Å²) in [5, 5.41) is 32.9. The molecule has 0 saturated carbocycles. The fraction of sp³-hybridized carbons (Fsp3) is 0.333. The van der Waals surface area contributed by atoms with Crippen molar-refractivity contribution in [2.45, 2.75) is 26.9 Å². The number of hydrogen-bond donors (Lipinski definition) is 4. The second kappa shape index (κ2) is 8.89. The molecular formula is C18H23NO6. The van der Waals surface area contributed by atoms with E-state index in [1.54, 1.807) is 26.0 Å². The maximum atomic E-state index is 11.2. The molecule has 1 amide bonds. The van der Waals surface area contributed by atoms with Crippen LogP contribution in [0.2, 0.25) is 0 Å². The number of hydrogen-bond acceptors (Lipinski definition) is 6. The summed E-state index contributed by atoms with van der Waals surface area (Å²) in [5.41, 5.74) is 0.802. The van der Waals surface area contributed by atoms with Gasteiger partial charge in [-0.15, -0.1) is 0 Å². The Morgan fingerprint density at radius 3 is 2.40 bits per heavy atom. The smallest absolute Gasteiger partial charge is 0.330 e. The van der Waals surface area contributed by atoms with Crippen LogP contribution in [-0.4, -0.2) is 34.3 Å². The van der Waals surface area contributed by atoms with Gasteiger partial charge in [0, 0.05) is 30.5 Å². The molecule has 0 aliphatic heterocycles. The highest BCUT2D eigenvalue weighted by Gasteiger charge is 2.21. The van der Waals surface area contributed by atoms with Crippen molar-refractivity contribution in [1.29, 1.82) is 0 Å². The Hall–Kier alpha value is -2.80. The summed E-state index contributed by atoms with van der Waals surface area (Å²) in [7, 11) is 1.27. The first-order chi connectivity index (χ1) is 11.6. The lowest BCUT2D eigenvalue weighted by molar-refractivity contribution is -0.134. The molecule has 0 radical (unpaired) electrons. The Bertz CT molecular complexity index is 708. The fourth-order valence-corrected chi connectivity index (χ4v) is 2.26. The molecule has 7 nitrogen and oxygen atoms in total. The highest BCUT2D eigenvalue weighted by molar-refractivity contribution is 5.91. The fourth-order valence-electron chi connectivity index (χ4n) is 2.26. The number of nitrogens with one attached hydrogen (secondary N) is 1. The lowest BCUT2D eigenvalue weighted by Gasteiger charge is -2.20. The summed E-state index contributed by atoms with van der Waals surface area (Å²) in [6, 6.07) is 2.42. The summed E-state index contributed by atoms with van der Waals surface area (Å²) in [4.78, 5) is 22.3. The van der Waals surface area contributed by atoms with Gasteiger partial charge in [-0.05, 0) is 13.0 Å². The molecule has 0 heterocycles. The number of phenolic OH excluding ortho intramolecular Hbond substituents is 2. The quantitative estimate of drug-likeness (QED) is 0.206. The van der Waals surface area contributed by atoms with E-state index in [1.165, 1.54) is 32.2 Å². The van der Waals surface area contributed by atoms with E-state index in [1.807, 2.05) is 0 Å². The molecule has 0 saturated heterocycles. The van der Waals surface area contributed by atoms with E-state index >= 15 is 0 Å². The SMILES string of the molecule is COC(=O)C=CC(C)=CC(C)C(O)c1cc(O)cc(NC(C)=O)c1O. The van der Waals surface area contributed by atoms with Crippen LogP contribution in [0, 0.1) is 5.92 Å². The van der Waals surface area contributed by atoms with Gasteiger partial charge < -0.3 is 25.4 Å². The van der Waals surface area contributed by atoms with Gasteiger partial charge in [-0.2, -0.15) is 0 Å². The van der Waals surface area contributed by atoms with Gasteiger partial charge in [0.15, 0.2) is 0 Å². The van der Waals surface area contributed by atoms with E-state index in [9.17, 15) is 24.9 Å². The maximum absolute atomic E-state index is 11.2. The van der Waals surface area contributed by atoms with Crippen LogP contribution in [0.1, 0.15) is 32.4 Å². The Balaban J connectivity index is 3.07. The third kappa shape index (κ3) is 5.96. The number of carbonyl (C=O) groups excluding carboxylic acids is 2. The molecule has 0 bridgehead atoms. The number of phenols is 2. The molecule has 0 fully saturated rings. The Kier molecular flexibility index (Phi) is 7.20. The molecule has 2 atom stereocenters. The second-order valence-corrected chi connectivity index (χ2v) is 5.68. The molecule has 25 heavy (non-hydrogen) atoms. The molecule has 0 aliphatic rings. The van der Waals surface area contributed by atoms with E-state index in [4.69, 9.17) is 0 Å². The predicted octanol–water partition coefficient (Wildman–Crippen LogP) is 2.40. The first-order valence-corrected chi connectivity index (χ1v) is 7.61. The molecule has 0 spiro atoms. The first-order valence-electron chi connectivity index (χ1n) is 7.61. The highest BCUT2D eigenvalue weighted by atomic mass is 16.5. The van der Waals surface area contributed by atoms with Crippen LogP contribution in [0.3, 0.4) is 0 Å². The largest absolute Gasteiger partial charge is 0.508 e. The van der Waals surface area contributed by atoms with Crippen molar-refractivity contribution in [3.63, 3.8) is 0 Å². The number of rotatable bonds is 6. The summed E-state index contributed by atoms with van der Waals surface area (Å²) in [5.74, 6) is -1.87. The van der Waals surface area contributed by atoms with Gasteiger partial charge in [-0.1, -0.05) is 24.6 Å². The van der Waals surface area contributed by atoms with Crippen LogP contribution in [-0.2, 0) is 14.3 Å². The van der Waals surface area contributed by atoms with Crippen molar-refractivity contribution in [2.75, 3.05) is 12.4 Å². The number of benzene rings is 1. The van der Waals surface area contributed by atoms with E-state index < -0.39 is 23.9 Å². The monoisotopic (exact) mass is 349 g/mol. The van der Waals surface area contributed by atoms with Gasteiger partial charge in [0.1, 0.15) is 11.5 Å². The van der Waals surface area contributed by atoms with E-state index in [0.29, 0.717) is 5.57 Å². The first kappa shape index (κ1) is 20.2. The number of amides is 1. The minimum atomic E-state index is -1.14. The van der Waals surface area contributed by atoms with Crippen LogP contribution in [0.15, 0.2) is 35.9 Å². The molecule has 1 aromatic rings. The Morgan fingerprint density at radius 1 is 1.20 bits per heavy atom. The number of aliphatic hydroxyl groups excluding tert-OH is 1. The number of carbonyl (C=O) groups is 2. The predicted molar refractivity (Wildman–Crippen MR) is 93.1 cm³/mol. The number of esters is 1. The molecule has 0 aliphatic carbocycles. The summed E-state index contributed by atoms with van der Waals surface area (Å²) < 4.78 is 4.50. The third-order valence-corrected chi connectivity index (χ3v) is 3.46. The van der Waals surface area contributed by atoms with Crippen LogP contribution >= 0.6 is 0 Å². The molecule has 7 heteroatoms. The van der Waals surface area contributed by atoms with Crippen molar-refractivity contribution in [3.05, 3.63) is 41.5 Å². The summed E-state index contributed by atoms with van der Waals surface area (Å²) in [6.07, 6.45) is 3.36. The minimum Gasteiger partial charge on any atom is -0.508 e. The summed E-state index contributed by atoms with van der Waals surface area (Å²) in [6.45, 7) is 4.72. The summed E-state index contributed by atoms with van der Waals surface area (Å²) >= 11 is 0. The molecule has 4 N–H and O–H groups in total. The number of aromatic hydroxyl groups is 2.